The van der Waals surface area contributed by atoms with E-state index in [1.807, 2.05) is 42.5 Å². The van der Waals surface area contributed by atoms with E-state index < -0.39 is 9.71 Å². The van der Waals surface area contributed by atoms with Crippen LogP contribution in [0, 0.1) is 0 Å². The summed E-state index contributed by atoms with van der Waals surface area (Å²) < 4.78 is 20.4. The lowest BCUT2D eigenvalue weighted by Gasteiger charge is -2.09. The van der Waals surface area contributed by atoms with Gasteiger partial charge in [-0.25, -0.2) is 9.19 Å². The largest absolute Gasteiger partial charge is 0.423 e. The molecule has 1 atom stereocenters. The lowest BCUT2D eigenvalue weighted by molar-refractivity contribution is 0.592. The molecule has 1 unspecified atom stereocenters. The van der Waals surface area contributed by atoms with E-state index in [2.05, 4.69) is 41.5 Å². The van der Waals surface area contributed by atoms with Crippen molar-refractivity contribution in [1.82, 2.24) is 25.6 Å². The number of nitrogens with zero attached hydrogens (tertiary/aromatic N) is 4. The van der Waals surface area contributed by atoms with Gasteiger partial charge < -0.3 is 14.5 Å². The van der Waals surface area contributed by atoms with Crippen LogP contribution in [0.5, 0.6) is 0 Å². The van der Waals surface area contributed by atoms with Crippen LogP contribution in [-0.4, -0.2) is 41.9 Å². The number of rotatable bonds is 6. The van der Waals surface area contributed by atoms with Gasteiger partial charge in [0, 0.05) is 38.5 Å². The van der Waals surface area contributed by atoms with Crippen molar-refractivity contribution in [2.45, 2.75) is 0 Å². The molecule has 0 radical (unpaired) electrons. The average Bonchev–Trinajstić information content (AvgIpc) is 3.33. The molecule has 3 N–H and O–H groups in total. The number of aromatic amines is 1. The van der Waals surface area contributed by atoms with E-state index in [1.165, 1.54) is 6.26 Å². The second kappa shape index (κ2) is 7.16. The first-order valence-corrected chi connectivity index (χ1v) is 10.4. The first-order chi connectivity index (χ1) is 13.5. The fraction of sp³-hybridized carbons (Fsp3) is 0.0556. The van der Waals surface area contributed by atoms with Gasteiger partial charge >= 0.3 is 0 Å². The molecule has 2 aromatic carbocycles. The number of H-pyrrole nitrogens is 1. The summed E-state index contributed by atoms with van der Waals surface area (Å²) in [6, 6.07) is 15.2. The van der Waals surface area contributed by atoms with Crippen LogP contribution in [0.25, 0.3) is 22.7 Å². The van der Waals surface area contributed by atoms with E-state index in [4.69, 9.17) is 4.42 Å². The van der Waals surface area contributed by atoms with Crippen molar-refractivity contribution in [2.24, 2.45) is 0 Å². The van der Waals surface area contributed by atoms with Crippen molar-refractivity contribution in [3.8, 4) is 22.7 Å². The summed E-state index contributed by atoms with van der Waals surface area (Å²) in [4.78, 5) is 4.26. The molecule has 0 aliphatic carbocycles. The summed E-state index contributed by atoms with van der Waals surface area (Å²) in [6.07, 6.45) is 3.18. The van der Waals surface area contributed by atoms with E-state index in [9.17, 15) is 4.21 Å². The second-order valence-electron chi connectivity index (χ2n) is 6.16. The van der Waals surface area contributed by atoms with Crippen LogP contribution in [0.3, 0.4) is 0 Å². The molecule has 0 amide bonds. The normalized spacial score (nSPS) is 13.0. The van der Waals surface area contributed by atoms with Crippen molar-refractivity contribution in [1.29, 1.82) is 0 Å². The molecule has 4 aromatic rings. The third kappa shape index (κ3) is 4.18. The zero-order chi connectivity index (χ0) is 19.6. The van der Waals surface area contributed by atoms with E-state index in [0.717, 1.165) is 16.8 Å². The van der Waals surface area contributed by atoms with Crippen LogP contribution in [-0.2, 0) is 9.71 Å². The summed E-state index contributed by atoms with van der Waals surface area (Å²) in [5, 5.41) is 17.0. The Labute approximate surface area is 161 Å². The molecular formula is C18H17N7O2S. The molecule has 0 aliphatic rings. The van der Waals surface area contributed by atoms with Crippen molar-refractivity contribution < 1.29 is 8.63 Å². The monoisotopic (exact) mass is 395 g/mol. The molecule has 10 heteroatoms. The first kappa shape index (κ1) is 17.7. The van der Waals surface area contributed by atoms with E-state index in [0.29, 0.717) is 23.3 Å². The number of oxazole rings is 1. The SMILES string of the molecule is C=S(C)(=O)Nc1cccc(Nc2ncc(-c3ccc(-c4nn[nH]n4)cc3)o2)c1. The minimum atomic E-state index is -2.35. The lowest BCUT2D eigenvalue weighted by atomic mass is 10.1. The smallest absolute Gasteiger partial charge is 0.299 e. The number of nitrogens with one attached hydrogen (secondary N) is 3. The molecule has 142 valence electrons. The zero-order valence-corrected chi connectivity index (χ0v) is 15.7. The number of aromatic nitrogens is 5. The Bertz CT molecular complexity index is 1180. The molecular weight excluding hydrogens is 378 g/mol. The molecule has 0 saturated heterocycles. The lowest BCUT2D eigenvalue weighted by Crippen LogP contribution is -2.09. The highest BCUT2D eigenvalue weighted by molar-refractivity contribution is 8.00. The van der Waals surface area contributed by atoms with Crippen LogP contribution in [0.4, 0.5) is 17.4 Å². The minimum Gasteiger partial charge on any atom is -0.423 e. The van der Waals surface area contributed by atoms with E-state index >= 15 is 0 Å². The van der Waals surface area contributed by atoms with Crippen LogP contribution < -0.4 is 10.0 Å². The second-order valence-corrected chi connectivity index (χ2v) is 8.37. The van der Waals surface area contributed by atoms with Gasteiger partial charge in [0.05, 0.1) is 6.20 Å². The molecule has 28 heavy (non-hydrogen) atoms. The molecule has 0 spiro atoms. The van der Waals surface area contributed by atoms with Gasteiger partial charge in [0.15, 0.2) is 5.76 Å². The molecule has 9 nitrogen and oxygen atoms in total. The Kier molecular flexibility index (Phi) is 4.53. The highest BCUT2D eigenvalue weighted by Gasteiger charge is 2.09. The van der Waals surface area contributed by atoms with Crippen molar-refractivity contribution in [2.75, 3.05) is 16.3 Å². The third-order valence-corrected chi connectivity index (χ3v) is 4.39. The Morgan fingerprint density at radius 1 is 1.11 bits per heavy atom. The average molecular weight is 395 g/mol. The predicted molar refractivity (Wildman–Crippen MR) is 110 cm³/mol. The van der Waals surface area contributed by atoms with Crippen LogP contribution in [0.1, 0.15) is 0 Å². The number of tetrazole rings is 1. The third-order valence-electron chi connectivity index (χ3n) is 3.73. The molecule has 2 aromatic heterocycles. The quantitative estimate of drug-likeness (QED) is 0.429. The van der Waals surface area contributed by atoms with Crippen molar-refractivity contribution in [3.63, 3.8) is 0 Å². The Morgan fingerprint density at radius 2 is 1.86 bits per heavy atom. The van der Waals surface area contributed by atoms with Crippen LogP contribution >= 0.6 is 0 Å². The summed E-state index contributed by atoms with van der Waals surface area (Å²) in [7, 11) is -2.35. The maximum absolute atomic E-state index is 11.8. The van der Waals surface area contributed by atoms with Gasteiger partial charge in [0.1, 0.15) is 0 Å². The summed E-state index contributed by atoms with van der Waals surface area (Å²) in [5.74, 6) is 4.73. The Balaban J connectivity index is 1.50. The van der Waals surface area contributed by atoms with Crippen LogP contribution in [0.15, 0.2) is 59.1 Å². The van der Waals surface area contributed by atoms with Gasteiger partial charge in [-0.15, -0.1) is 10.2 Å². The van der Waals surface area contributed by atoms with Crippen LogP contribution in [0.2, 0.25) is 0 Å². The zero-order valence-electron chi connectivity index (χ0n) is 14.9. The van der Waals surface area contributed by atoms with E-state index in [-0.39, 0.29) is 0 Å². The fourth-order valence-corrected chi connectivity index (χ4v) is 3.19. The number of hydrogen-bond donors (Lipinski definition) is 3. The van der Waals surface area contributed by atoms with Gasteiger partial charge in [0.2, 0.25) is 5.82 Å². The molecule has 4 rings (SSSR count). The number of benzene rings is 2. The minimum absolute atomic E-state index is 0.348. The van der Waals surface area contributed by atoms with Gasteiger partial charge in [-0.3, -0.25) is 0 Å². The first-order valence-electron chi connectivity index (χ1n) is 8.23. The fourth-order valence-electron chi connectivity index (χ4n) is 2.57. The summed E-state index contributed by atoms with van der Waals surface area (Å²) in [6.45, 7) is 0. The Hall–Kier alpha value is -3.66. The van der Waals surface area contributed by atoms with Gasteiger partial charge in [-0.1, -0.05) is 30.3 Å². The summed E-state index contributed by atoms with van der Waals surface area (Å²) >= 11 is 0. The van der Waals surface area contributed by atoms with Gasteiger partial charge in [-0.05, 0) is 29.3 Å². The molecule has 0 bridgehead atoms. The van der Waals surface area contributed by atoms with E-state index in [1.54, 1.807) is 12.3 Å². The molecule has 0 fully saturated rings. The number of anilines is 3. The van der Waals surface area contributed by atoms with Gasteiger partial charge in [-0.2, -0.15) is 5.21 Å². The topological polar surface area (TPSA) is 122 Å². The number of hydrogen-bond acceptors (Lipinski definition) is 7. The predicted octanol–water partition coefficient (Wildman–Crippen LogP) is 2.94. The maximum atomic E-state index is 11.8. The molecule has 2 heterocycles. The van der Waals surface area contributed by atoms with Gasteiger partial charge in [0.25, 0.3) is 6.01 Å². The standard InChI is InChI=1S/C18H17N7O2S/c1-28(2,26)23-15-5-3-4-14(10-15)20-18-19-11-16(27-18)12-6-8-13(9-7-12)17-21-24-25-22-17/h3-11H,1H2,2H3,(H,19,20)(H,23,26)(H,21,22,24,25). The van der Waals surface area contributed by atoms with Crippen molar-refractivity contribution >= 4 is 33.0 Å². The molecule has 0 saturated carbocycles. The highest BCUT2D eigenvalue weighted by atomic mass is 32.2. The maximum Gasteiger partial charge on any atom is 0.299 e. The highest BCUT2D eigenvalue weighted by Crippen LogP contribution is 2.27. The summed E-state index contributed by atoms with van der Waals surface area (Å²) in [5.41, 5.74) is 3.15. The Morgan fingerprint density at radius 3 is 2.57 bits per heavy atom. The molecule has 0 aliphatic heterocycles. The van der Waals surface area contributed by atoms with Crippen molar-refractivity contribution in [3.05, 3.63) is 54.7 Å².